The normalized spacial score (nSPS) is 12.0. The third kappa shape index (κ3) is 4.09. The van der Waals surface area contributed by atoms with Gasteiger partial charge in [0.15, 0.2) is 6.54 Å². The van der Waals surface area contributed by atoms with Crippen molar-refractivity contribution in [1.82, 2.24) is 0 Å². The molecule has 1 amide bonds. The zero-order chi connectivity index (χ0) is 16.1. The van der Waals surface area contributed by atoms with E-state index in [1.54, 1.807) is 0 Å². The number of halogens is 1. The van der Waals surface area contributed by atoms with Crippen molar-refractivity contribution >= 4 is 23.2 Å². The van der Waals surface area contributed by atoms with Gasteiger partial charge in [-0.1, -0.05) is 41.9 Å². The van der Waals surface area contributed by atoms with Crippen molar-refractivity contribution in [2.24, 2.45) is 0 Å². The van der Waals surface area contributed by atoms with Gasteiger partial charge in [0, 0.05) is 16.3 Å². The predicted molar refractivity (Wildman–Crippen MR) is 91.2 cm³/mol. The Morgan fingerprint density at radius 1 is 1.18 bits per heavy atom. The first kappa shape index (κ1) is 16.5. The number of quaternary nitrogens is 1. The van der Waals surface area contributed by atoms with Gasteiger partial charge in [0.25, 0.3) is 5.91 Å². The summed E-state index contributed by atoms with van der Waals surface area (Å²) in [6.45, 7) is 6.46. The van der Waals surface area contributed by atoms with Gasteiger partial charge in [0.2, 0.25) is 0 Å². The maximum Gasteiger partial charge on any atom is 0.279 e. The fourth-order valence-corrected chi connectivity index (χ4v) is 2.65. The Bertz CT molecular complexity index is 670. The van der Waals surface area contributed by atoms with Crippen molar-refractivity contribution in [2.75, 3.05) is 11.9 Å². The highest BCUT2D eigenvalue weighted by molar-refractivity contribution is 6.31. The zero-order valence-electron chi connectivity index (χ0n) is 13.2. The van der Waals surface area contributed by atoms with Crippen molar-refractivity contribution in [3.63, 3.8) is 0 Å². The van der Waals surface area contributed by atoms with Crippen molar-refractivity contribution in [2.45, 2.75) is 26.8 Å². The fourth-order valence-electron chi connectivity index (χ4n) is 2.34. The smallest absolute Gasteiger partial charge is 0.279 e. The topological polar surface area (TPSA) is 45.7 Å². The van der Waals surface area contributed by atoms with Crippen LogP contribution in [0.3, 0.4) is 0 Å². The minimum atomic E-state index is -0.00685. The first-order valence-corrected chi connectivity index (χ1v) is 7.80. The second-order valence-electron chi connectivity index (χ2n) is 5.55. The standard InChI is InChI=1S/C18H21ClN2O/c1-12-7-6-10-17(13(12)2)21-18(22)11-20-14(3)15-8-4-5-9-16(15)19/h4-10,14,20H,11H2,1-3H3,(H,21,22)/p+1/t14-/m1/s1. The predicted octanol–water partition coefficient (Wildman–Crippen LogP) is 3.22. The molecule has 0 bridgehead atoms. The zero-order valence-corrected chi connectivity index (χ0v) is 13.9. The second kappa shape index (κ2) is 7.43. The van der Waals surface area contributed by atoms with Crippen molar-refractivity contribution in [1.29, 1.82) is 0 Å². The molecule has 0 saturated heterocycles. The molecule has 4 heteroatoms. The Morgan fingerprint density at radius 3 is 2.64 bits per heavy atom. The van der Waals surface area contributed by atoms with Gasteiger partial charge in [-0.3, -0.25) is 4.79 Å². The van der Waals surface area contributed by atoms with E-state index in [1.165, 1.54) is 5.56 Å². The molecule has 3 nitrogen and oxygen atoms in total. The first-order valence-electron chi connectivity index (χ1n) is 7.43. The van der Waals surface area contributed by atoms with E-state index in [2.05, 4.69) is 5.32 Å². The molecular weight excluding hydrogens is 296 g/mol. The summed E-state index contributed by atoms with van der Waals surface area (Å²) in [6, 6.07) is 13.8. The third-order valence-corrected chi connectivity index (χ3v) is 4.28. The highest BCUT2D eigenvalue weighted by Crippen LogP contribution is 2.20. The van der Waals surface area contributed by atoms with Gasteiger partial charge >= 0.3 is 0 Å². The lowest BCUT2D eigenvalue weighted by Crippen LogP contribution is -2.86. The molecule has 0 spiro atoms. The number of benzene rings is 2. The minimum Gasteiger partial charge on any atom is -0.332 e. The van der Waals surface area contributed by atoms with Crippen LogP contribution in [0.5, 0.6) is 0 Å². The van der Waals surface area contributed by atoms with Crippen LogP contribution >= 0.6 is 11.6 Å². The van der Waals surface area contributed by atoms with Crippen LogP contribution in [0.15, 0.2) is 42.5 Å². The molecule has 22 heavy (non-hydrogen) atoms. The lowest BCUT2D eigenvalue weighted by Gasteiger charge is -2.13. The highest BCUT2D eigenvalue weighted by Gasteiger charge is 2.14. The van der Waals surface area contributed by atoms with E-state index in [1.807, 2.05) is 68.6 Å². The monoisotopic (exact) mass is 317 g/mol. The molecule has 3 N–H and O–H groups in total. The summed E-state index contributed by atoms with van der Waals surface area (Å²) in [7, 11) is 0. The number of anilines is 1. The molecule has 2 aromatic rings. The summed E-state index contributed by atoms with van der Waals surface area (Å²) >= 11 is 6.18. The molecule has 0 aromatic heterocycles. The largest absolute Gasteiger partial charge is 0.332 e. The summed E-state index contributed by atoms with van der Waals surface area (Å²) < 4.78 is 0. The van der Waals surface area contributed by atoms with Gasteiger partial charge < -0.3 is 10.6 Å². The molecule has 0 heterocycles. The average molecular weight is 318 g/mol. The van der Waals surface area contributed by atoms with Gasteiger partial charge in [0.1, 0.15) is 6.04 Å². The Balaban J connectivity index is 1.93. The quantitative estimate of drug-likeness (QED) is 0.874. The fraction of sp³-hybridized carbons (Fsp3) is 0.278. The van der Waals surface area contributed by atoms with Gasteiger partial charge in [0.05, 0.1) is 0 Å². The summed E-state index contributed by atoms with van der Waals surface area (Å²) in [5, 5.41) is 5.69. The molecule has 0 radical (unpaired) electrons. The van der Waals surface area contributed by atoms with E-state index in [0.717, 1.165) is 21.8 Å². The molecule has 2 rings (SSSR count). The van der Waals surface area contributed by atoms with Gasteiger partial charge in [-0.2, -0.15) is 0 Å². The number of rotatable bonds is 5. The molecule has 0 fully saturated rings. The van der Waals surface area contributed by atoms with Crippen molar-refractivity contribution < 1.29 is 10.1 Å². The van der Waals surface area contributed by atoms with E-state index in [4.69, 9.17) is 11.6 Å². The molecule has 2 aromatic carbocycles. The van der Waals surface area contributed by atoms with Crippen LogP contribution in [0.2, 0.25) is 5.02 Å². The third-order valence-electron chi connectivity index (χ3n) is 3.93. The van der Waals surface area contributed by atoms with E-state index < -0.39 is 0 Å². The number of hydrogen-bond donors (Lipinski definition) is 2. The Labute approximate surface area is 136 Å². The summed E-state index contributed by atoms with van der Waals surface area (Å²) in [5.74, 6) is -0.00685. The van der Waals surface area contributed by atoms with Gasteiger partial charge in [-0.25, -0.2) is 0 Å². The molecule has 0 saturated carbocycles. The molecule has 116 valence electrons. The van der Waals surface area contributed by atoms with E-state index in [-0.39, 0.29) is 11.9 Å². The minimum absolute atomic E-state index is 0.00685. The van der Waals surface area contributed by atoms with Crippen LogP contribution in [-0.2, 0) is 4.79 Å². The molecule has 0 aliphatic rings. The van der Waals surface area contributed by atoms with E-state index in [9.17, 15) is 4.79 Å². The van der Waals surface area contributed by atoms with Crippen LogP contribution in [0.25, 0.3) is 0 Å². The van der Waals surface area contributed by atoms with E-state index >= 15 is 0 Å². The van der Waals surface area contributed by atoms with Gasteiger partial charge in [-0.05, 0) is 44.0 Å². The Kier molecular flexibility index (Phi) is 5.58. The number of aryl methyl sites for hydroxylation is 1. The SMILES string of the molecule is Cc1cccc(NC(=O)C[NH2+][C@H](C)c2ccccc2Cl)c1C. The molecular formula is C18H22ClN2O+. The van der Waals surface area contributed by atoms with Crippen molar-refractivity contribution in [3.05, 3.63) is 64.2 Å². The van der Waals surface area contributed by atoms with E-state index in [0.29, 0.717) is 6.54 Å². The average Bonchev–Trinajstić information content (AvgIpc) is 2.50. The molecule has 0 unspecified atom stereocenters. The number of nitrogens with one attached hydrogen (secondary N) is 1. The molecule has 0 aliphatic carbocycles. The van der Waals surface area contributed by atoms with Gasteiger partial charge in [-0.15, -0.1) is 0 Å². The maximum atomic E-state index is 12.1. The van der Waals surface area contributed by atoms with Crippen LogP contribution in [0, 0.1) is 13.8 Å². The maximum absolute atomic E-state index is 12.1. The number of nitrogens with two attached hydrogens (primary N) is 1. The summed E-state index contributed by atoms with van der Waals surface area (Å²) in [5.41, 5.74) is 4.20. The van der Waals surface area contributed by atoms with Crippen LogP contribution < -0.4 is 10.6 Å². The number of hydrogen-bond acceptors (Lipinski definition) is 1. The van der Waals surface area contributed by atoms with Crippen LogP contribution in [-0.4, -0.2) is 12.5 Å². The summed E-state index contributed by atoms with van der Waals surface area (Å²) in [4.78, 5) is 12.1. The molecule has 0 aliphatic heterocycles. The molecule has 1 atom stereocenters. The lowest BCUT2D eigenvalue weighted by atomic mass is 10.1. The Hall–Kier alpha value is -1.84. The summed E-state index contributed by atoms with van der Waals surface area (Å²) in [6.07, 6.45) is 0. The van der Waals surface area contributed by atoms with Crippen molar-refractivity contribution in [3.8, 4) is 0 Å². The van der Waals surface area contributed by atoms with Crippen LogP contribution in [0.1, 0.15) is 29.7 Å². The number of amides is 1. The number of carbonyl (C=O) groups is 1. The highest BCUT2D eigenvalue weighted by atomic mass is 35.5. The first-order chi connectivity index (χ1) is 10.5. The van der Waals surface area contributed by atoms with Crippen LogP contribution in [0.4, 0.5) is 5.69 Å². The Morgan fingerprint density at radius 2 is 1.91 bits per heavy atom. The lowest BCUT2D eigenvalue weighted by molar-refractivity contribution is -0.682. The second-order valence-corrected chi connectivity index (χ2v) is 5.95. The number of carbonyl (C=O) groups excluding carboxylic acids is 1.